The zero-order chi connectivity index (χ0) is 29.5. The molecule has 1 N–H and O–H groups in total. The number of esters is 1. The molecule has 1 unspecified atom stereocenters. The number of aliphatic hydroxyl groups is 1. The minimum atomic E-state index is -1.43. The molecule has 41 heavy (non-hydrogen) atoms. The van der Waals surface area contributed by atoms with E-state index >= 15 is 0 Å². The number of rotatable bonds is 6. The molecule has 5 rings (SSSR count). The van der Waals surface area contributed by atoms with Crippen LogP contribution in [-0.2, 0) is 23.9 Å². The lowest BCUT2D eigenvalue weighted by molar-refractivity contribution is -0.161. The second-order valence-electron chi connectivity index (χ2n) is 12.2. The molecule has 222 valence electrons. The molecule has 2 saturated heterocycles. The van der Waals surface area contributed by atoms with E-state index in [0.29, 0.717) is 23.6 Å². The number of ether oxygens (including phenoxy) is 2. The third-order valence-corrected chi connectivity index (χ3v) is 9.43. The topological polar surface area (TPSA) is 96.4 Å². The fourth-order valence-electron chi connectivity index (χ4n) is 7.36. The Labute approximate surface area is 247 Å². The zero-order valence-corrected chi connectivity index (χ0v) is 25.1. The number of carbonyl (C=O) groups excluding carboxylic acids is 3. The number of amides is 2. The average Bonchev–Trinajstić information content (AvgIpc) is 3.30. The SMILES string of the molecule is CC[C@@]12/C=C\CCCCOC(=O)[C@@H]1[C@H]1C(=O)N([C@@H](CO)CC(C)C)C3C(=O)N(c4c(C)cccc4Cl)CC=C[C@@]31O2. The summed E-state index contributed by atoms with van der Waals surface area (Å²) in [5, 5.41) is 11.0. The van der Waals surface area contributed by atoms with Crippen LogP contribution in [0.25, 0.3) is 0 Å². The third kappa shape index (κ3) is 4.82. The van der Waals surface area contributed by atoms with Gasteiger partial charge in [-0.25, -0.2) is 0 Å². The Morgan fingerprint density at radius 3 is 2.56 bits per heavy atom. The first-order valence-electron chi connectivity index (χ1n) is 14.8. The molecule has 0 aliphatic carbocycles. The van der Waals surface area contributed by atoms with Gasteiger partial charge in [0, 0.05) is 6.54 Å². The molecule has 4 aliphatic heterocycles. The molecule has 4 heterocycles. The number of allylic oxidation sites excluding steroid dienone is 1. The highest BCUT2D eigenvalue weighted by Crippen LogP contribution is 2.59. The first-order chi connectivity index (χ1) is 19.6. The van der Waals surface area contributed by atoms with Crippen LogP contribution in [0.2, 0.25) is 5.02 Å². The van der Waals surface area contributed by atoms with Gasteiger partial charge in [-0.05, 0) is 56.6 Å². The summed E-state index contributed by atoms with van der Waals surface area (Å²) in [6.07, 6.45) is 10.9. The van der Waals surface area contributed by atoms with E-state index < -0.39 is 41.1 Å². The Hall–Kier alpha value is -2.68. The maximum Gasteiger partial charge on any atom is 0.313 e. The van der Waals surface area contributed by atoms with E-state index in [1.807, 2.05) is 64.1 Å². The Kier molecular flexibility index (Phi) is 8.39. The number of para-hydroxylation sites is 1. The van der Waals surface area contributed by atoms with Crippen molar-refractivity contribution < 1.29 is 29.0 Å². The van der Waals surface area contributed by atoms with Crippen LogP contribution in [0, 0.1) is 24.7 Å². The van der Waals surface area contributed by atoms with Crippen LogP contribution >= 0.6 is 11.6 Å². The maximum atomic E-state index is 14.8. The van der Waals surface area contributed by atoms with Crippen molar-refractivity contribution in [2.45, 2.75) is 83.1 Å². The lowest BCUT2D eigenvalue weighted by Gasteiger charge is -2.41. The molecule has 0 aromatic heterocycles. The van der Waals surface area contributed by atoms with Crippen molar-refractivity contribution in [3.05, 3.63) is 53.1 Å². The fraction of sp³-hybridized carbons (Fsp3) is 0.594. The second kappa shape index (κ2) is 11.5. The third-order valence-electron chi connectivity index (χ3n) is 9.13. The number of fused-ring (bicyclic) bond motifs is 2. The van der Waals surface area contributed by atoms with Crippen LogP contribution in [0.3, 0.4) is 0 Å². The zero-order valence-electron chi connectivity index (χ0n) is 24.3. The number of likely N-dealkylation sites (tertiary alicyclic amines) is 1. The molecule has 0 radical (unpaired) electrons. The van der Waals surface area contributed by atoms with Gasteiger partial charge < -0.3 is 24.4 Å². The molecular formula is C32H41ClN2O6. The van der Waals surface area contributed by atoms with Gasteiger partial charge in [-0.1, -0.05) is 68.8 Å². The van der Waals surface area contributed by atoms with E-state index in [9.17, 15) is 19.5 Å². The van der Waals surface area contributed by atoms with E-state index in [1.54, 1.807) is 11.0 Å². The predicted molar refractivity (Wildman–Crippen MR) is 156 cm³/mol. The maximum absolute atomic E-state index is 14.8. The number of carbonyl (C=O) groups is 3. The molecular weight excluding hydrogens is 544 g/mol. The molecule has 6 atom stereocenters. The monoisotopic (exact) mass is 584 g/mol. The Morgan fingerprint density at radius 2 is 1.88 bits per heavy atom. The minimum Gasteiger partial charge on any atom is -0.465 e. The van der Waals surface area contributed by atoms with Gasteiger partial charge in [-0.2, -0.15) is 0 Å². The Balaban J connectivity index is 1.72. The summed E-state index contributed by atoms with van der Waals surface area (Å²) in [6.45, 7) is 8.01. The Morgan fingerprint density at radius 1 is 1.10 bits per heavy atom. The lowest BCUT2D eigenvalue weighted by Crippen LogP contribution is -2.59. The van der Waals surface area contributed by atoms with Crippen LogP contribution in [0.15, 0.2) is 42.5 Å². The molecule has 2 amide bonds. The summed E-state index contributed by atoms with van der Waals surface area (Å²) in [5.74, 6) is -2.98. The van der Waals surface area contributed by atoms with Crippen molar-refractivity contribution in [2.24, 2.45) is 17.8 Å². The standard InChI is InChI=1S/C32H41ClN2O6/c1-5-31-14-8-6-7-9-17-40-30(39)25(31)24-28(37)35(22(19-36)18-20(2)3)27-29(38)34(16-11-15-32(24,27)41-31)26-21(4)12-10-13-23(26)33/h8,10-15,20,22,24-25,27,36H,5-7,9,16-19H2,1-4H3/b14-8-/t22-,24+,25+,27?,31-,32+/m1/s1. The highest BCUT2D eigenvalue weighted by molar-refractivity contribution is 6.34. The minimum absolute atomic E-state index is 0.145. The highest BCUT2D eigenvalue weighted by atomic mass is 35.5. The van der Waals surface area contributed by atoms with Crippen molar-refractivity contribution in [3.8, 4) is 0 Å². The molecule has 0 bridgehead atoms. The van der Waals surface area contributed by atoms with Crippen LogP contribution in [-0.4, -0.2) is 70.8 Å². The fourth-order valence-corrected chi connectivity index (χ4v) is 7.68. The van der Waals surface area contributed by atoms with Gasteiger partial charge in [0.1, 0.15) is 23.2 Å². The number of nitrogens with zero attached hydrogens (tertiary/aromatic N) is 2. The van der Waals surface area contributed by atoms with E-state index in [1.165, 1.54) is 4.90 Å². The van der Waals surface area contributed by atoms with Crippen molar-refractivity contribution >= 4 is 35.1 Å². The molecule has 2 fully saturated rings. The van der Waals surface area contributed by atoms with E-state index in [0.717, 1.165) is 24.8 Å². The summed E-state index contributed by atoms with van der Waals surface area (Å²) in [6, 6.07) is 3.72. The van der Waals surface area contributed by atoms with E-state index in [2.05, 4.69) is 0 Å². The van der Waals surface area contributed by atoms with Crippen molar-refractivity contribution in [3.63, 3.8) is 0 Å². The largest absolute Gasteiger partial charge is 0.465 e. The molecule has 0 saturated carbocycles. The molecule has 8 nitrogen and oxygen atoms in total. The second-order valence-corrected chi connectivity index (χ2v) is 12.6. The van der Waals surface area contributed by atoms with Gasteiger partial charge in [0.2, 0.25) is 5.91 Å². The number of aryl methyl sites for hydroxylation is 1. The van der Waals surface area contributed by atoms with E-state index in [-0.39, 0.29) is 37.5 Å². The summed E-state index contributed by atoms with van der Waals surface area (Å²) < 4.78 is 12.8. The van der Waals surface area contributed by atoms with Crippen LogP contribution < -0.4 is 4.90 Å². The number of cyclic esters (lactones) is 1. The summed E-state index contributed by atoms with van der Waals surface area (Å²) in [7, 11) is 0. The number of aliphatic hydroxyl groups excluding tert-OH is 1. The summed E-state index contributed by atoms with van der Waals surface area (Å²) >= 11 is 6.65. The number of hydrogen-bond acceptors (Lipinski definition) is 6. The smallest absolute Gasteiger partial charge is 0.313 e. The van der Waals surface area contributed by atoms with Gasteiger partial charge in [0.05, 0.1) is 35.9 Å². The summed E-state index contributed by atoms with van der Waals surface area (Å²) in [4.78, 5) is 46.4. The van der Waals surface area contributed by atoms with Gasteiger partial charge in [-0.3, -0.25) is 14.4 Å². The van der Waals surface area contributed by atoms with Crippen molar-refractivity contribution in [1.82, 2.24) is 4.90 Å². The predicted octanol–water partition coefficient (Wildman–Crippen LogP) is 4.60. The quantitative estimate of drug-likeness (QED) is 0.388. The molecule has 1 aromatic carbocycles. The molecule has 4 aliphatic rings. The normalized spacial score (nSPS) is 33.2. The first-order valence-corrected chi connectivity index (χ1v) is 15.2. The van der Waals surface area contributed by atoms with Gasteiger partial charge in [0.25, 0.3) is 5.91 Å². The van der Waals surface area contributed by atoms with Crippen LogP contribution in [0.4, 0.5) is 5.69 Å². The molecule has 9 heteroatoms. The number of anilines is 1. The molecule has 1 aromatic rings. The van der Waals surface area contributed by atoms with E-state index in [4.69, 9.17) is 21.1 Å². The highest BCUT2D eigenvalue weighted by Gasteiger charge is 2.76. The number of hydrogen-bond donors (Lipinski definition) is 1. The number of halogens is 1. The lowest BCUT2D eigenvalue weighted by atomic mass is 9.73. The molecule has 1 spiro atoms. The van der Waals surface area contributed by atoms with Crippen molar-refractivity contribution in [2.75, 3.05) is 24.7 Å². The Bertz CT molecular complexity index is 1240. The van der Waals surface area contributed by atoms with Gasteiger partial charge in [0.15, 0.2) is 0 Å². The van der Waals surface area contributed by atoms with Crippen LogP contribution in [0.1, 0.15) is 58.4 Å². The van der Waals surface area contributed by atoms with Crippen molar-refractivity contribution in [1.29, 1.82) is 0 Å². The van der Waals surface area contributed by atoms with Gasteiger partial charge in [-0.15, -0.1) is 0 Å². The number of benzene rings is 1. The average molecular weight is 585 g/mol. The summed E-state index contributed by atoms with van der Waals surface area (Å²) in [5.41, 5.74) is -1.16. The van der Waals surface area contributed by atoms with Gasteiger partial charge >= 0.3 is 5.97 Å². The first kappa shape index (κ1) is 29.8. The van der Waals surface area contributed by atoms with Crippen LogP contribution in [0.5, 0.6) is 0 Å².